The maximum atomic E-state index is 13.3. The van der Waals surface area contributed by atoms with E-state index in [0.717, 1.165) is 10.6 Å². The van der Waals surface area contributed by atoms with Crippen LogP contribution in [0.2, 0.25) is 0 Å². The van der Waals surface area contributed by atoms with Crippen molar-refractivity contribution in [3.63, 3.8) is 0 Å². The minimum absolute atomic E-state index is 0.0889. The van der Waals surface area contributed by atoms with Gasteiger partial charge in [-0.05, 0) is 36.4 Å². The van der Waals surface area contributed by atoms with Crippen molar-refractivity contribution in [3.8, 4) is 0 Å². The largest absolute Gasteiger partial charge is 0.366 e. The molecule has 8 heteroatoms. The van der Waals surface area contributed by atoms with Crippen LogP contribution in [0.3, 0.4) is 0 Å². The highest BCUT2D eigenvalue weighted by Gasteiger charge is 2.10. The summed E-state index contributed by atoms with van der Waals surface area (Å²) >= 11 is 0. The molecule has 126 valence electrons. The lowest BCUT2D eigenvalue weighted by Gasteiger charge is -2.08. The van der Waals surface area contributed by atoms with E-state index in [1.807, 2.05) is 0 Å². The summed E-state index contributed by atoms with van der Waals surface area (Å²) in [5.74, 6) is -1.67. The minimum Gasteiger partial charge on any atom is -0.366 e. The lowest BCUT2D eigenvalue weighted by atomic mass is 10.2. The number of aromatic nitrogens is 2. The van der Waals surface area contributed by atoms with Gasteiger partial charge in [-0.2, -0.15) is 0 Å². The Morgan fingerprint density at radius 3 is 2.76 bits per heavy atom. The smallest absolute Gasteiger partial charge is 0.261 e. The van der Waals surface area contributed by atoms with Crippen molar-refractivity contribution < 1.29 is 14.0 Å². The lowest BCUT2D eigenvalue weighted by molar-refractivity contribution is -0.116. The number of hydrogen-bond acceptors (Lipinski definition) is 4. The van der Waals surface area contributed by atoms with Gasteiger partial charge in [-0.15, -0.1) is 0 Å². The van der Waals surface area contributed by atoms with Gasteiger partial charge in [0.15, 0.2) is 0 Å². The SMILES string of the molecule is NC(=O)c1cccc(NC(=O)Cn2cnc3ccc(F)cc3c2=O)c1. The number of fused-ring (bicyclic) bond motifs is 1. The predicted octanol–water partition coefficient (Wildman–Crippen LogP) is 1.27. The molecule has 0 aliphatic heterocycles. The fourth-order valence-electron chi connectivity index (χ4n) is 2.35. The highest BCUT2D eigenvalue weighted by Crippen LogP contribution is 2.11. The molecule has 3 aromatic rings. The van der Waals surface area contributed by atoms with E-state index in [2.05, 4.69) is 10.3 Å². The number of benzene rings is 2. The van der Waals surface area contributed by atoms with E-state index < -0.39 is 23.2 Å². The van der Waals surface area contributed by atoms with Crippen molar-refractivity contribution in [1.82, 2.24) is 9.55 Å². The second-order valence-electron chi connectivity index (χ2n) is 5.33. The minimum atomic E-state index is -0.618. The summed E-state index contributed by atoms with van der Waals surface area (Å²) in [5.41, 5.74) is 5.63. The summed E-state index contributed by atoms with van der Waals surface area (Å²) in [7, 11) is 0. The Kier molecular flexibility index (Phi) is 4.25. The van der Waals surface area contributed by atoms with Crippen LogP contribution < -0.4 is 16.6 Å². The number of carbonyl (C=O) groups is 2. The van der Waals surface area contributed by atoms with Gasteiger partial charge >= 0.3 is 0 Å². The molecule has 3 rings (SSSR count). The first-order valence-electron chi connectivity index (χ1n) is 7.28. The Labute approximate surface area is 140 Å². The fourth-order valence-corrected chi connectivity index (χ4v) is 2.35. The summed E-state index contributed by atoms with van der Waals surface area (Å²) < 4.78 is 14.4. The summed E-state index contributed by atoms with van der Waals surface area (Å²) in [6, 6.07) is 9.78. The van der Waals surface area contributed by atoms with Crippen LogP contribution in [0.4, 0.5) is 10.1 Å². The lowest BCUT2D eigenvalue weighted by Crippen LogP contribution is -2.28. The summed E-state index contributed by atoms with van der Waals surface area (Å²) in [6.45, 7) is -0.306. The molecule has 0 saturated heterocycles. The summed E-state index contributed by atoms with van der Waals surface area (Å²) in [6.07, 6.45) is 1.22. The summed E-state index contributed by atoms with van der Waals surface area (Å²) in [4.78, 5) is 39.6. The molecular weight excluding hydrogens is 327 g/mol. The van der Waals surface area contributed by atoms with Gasteiger partial charge in [0.05, 0.1) is 17.2 Å². The monoisotopic (exact) mass is 340 g/mol. The molecule has 0 atom stereocenters. The molecule has 3 N–H and O–H groups in total. The third-order valence-electron chi connectivity index (χ3n) is 3.53. The number of rotatable bonds is 4. The van der Waals surface area contributed by atoms with Gasteiger partial charge in [-0.25, -0.2) is 9.37 Å². The molecule has 1 aromatic heterocycles. The predicted molar refractivity (Wildman–Crippen MR) is 89.6 cm³/mol. The van der Waals surface area contributed by atoms with Gasteiger partial charge in [0.1, 0.15) is 12.4 Å². The van der Waals surface area contributed by atoms with Crippen molar-refractivity contribution in [1.29, 1.82) is 0 Å². The number of carbonyl (C=O) groups excluding carboxylic acids is 2. The molecule has 1 heterocycles. The quantitative estimate of drug-likeness (QED) is 0.746. The second kappa shape index (κ2) is 6.52. The average Bonchev–Trinajstić information content (AvgIpc) is 2.58. The molecule has 2 amide bonds. The number of hydrogen-bond donors (Lipinski definition) is 2. The molecule has 0 radical (unpaired) electrons. The highest BCUT2D eigenvalue weighted by atomic mass is 19.1. The molecular formula is C17H13FN4O3. The first-order chi connectivity index (χ1) is 11.9. The van der Waals surface area contributed by atoms with Crippen molar-refractivity contribution in [2.24, 2.45) is 5.73 Å². The number of nitrogens with zero attached hydrogens (tertiary/aromatic N) is 2. The molecule has 0 saturated carbocycles. The van der Waals surface area contributed by atoms with E-state index in [1.54, 1.807) is 12.1 Å². The molecule has 0 aliphatic rings. The van der Waals surface area contributed by atoms with E-state index in [-0.39, 0.29) is 17.5 Å². The van der Waals surface area contributed by atoms with E-state index in [0.29, 0.717) is 11.2 Å². The number of halogens is 1. The number of amides is 2. The van der Waals surface area contributed by atoms with Crippen LogP contribution in [0.1, 0.15) is 10.4 Å². The molecule has 0 bridgehead atoms. The summed E-state index contributed by atoms with van der Waals surface area (Å²) in [5, 5.41) is 2.65. The Balaban J connectivity index is 1.83. The number of primary amides is 1. The maximum absolute atomic E-state index is 13.3. The highest BCUT2D eigenvalue weighted by molar-refractivity contribution is 5.96. The van der Waals surface area contributed by atoms with E-state index in [1.165, 1.54) is 30.6 Å². The zero-order chi connectivity index (χ0) is 18.0. The number of nitrogens with one attached hydrogen (secondary N) is 1. The van der Waals surface area contributed by atoms with Crippen LogP contribution in [0, 0.1) is 5.82 Å². The molecule has 0 spiro atoms. The van der Waals surface area contributed by atoms with Crippen LogP contribution in [0.25, 0.3) is 10.9 Å². The van der Waals surface area contributed by atoms with Crippen LogP contribution in [-0.4, -0.2) is 21.4 Å². The molecule has 0 unspecified atom stereocenters. The molecule has 7 nitrogen and oxygen atoms in total. The Morgan fingerprint density at radius 2 is 2.00 bits per heavy atom. The topological polar surface area (TPSA) is 107 Å². The second-order valence-corrected chi connectivity index (χ2v) is 5.33. The molecule has 25 heavy (non-hydrogen) atoms. The number of anilines is 1. The standard InChI is InChI=1S/C17H13FN4O3/c18-11-4-5-14-13(7-11)17(25)22(9-20-14)8-15(23)21-12-3-1-2-10(6-12)16(19)24/h1-7,9H,8H2,(H2,19,24)(H,21,23). The third kappa shape index (κ3) is 3.52. The van der Waals surface area contributed by atoms with Crippen molar-refractivity contribution in [2.75, 3.05) is 5.32 Å². The zero-order valence-corrected chi connectivity index (χ0v) is 12.9. The first kappa shape index (κ1) is 16.3. The number of nitrogens with two attached hydrogens (primary N) is 1. The van der Waals surface area contributed by atoms with Gasteiger partial charge in [0, 0.05) is 11.3 Å². The average molecular weight is 340 g/mol. The zero-order valence-electron chi connectivity index (χ0n) is 12.9. The van der Waals surface area contributed by atoms with Crippen LogP contribution in [0.15, 0.2) is 53.6 Å². The van der Waals surface area contributed by atoms with Gasteiger partial charge in [-0.1, -0.05) is 6.07 Å². The van der Waals surface area contributed by atoms with Crippen LogP contribution in [0.5, 0.6) is 0 Å². The molecule has 2 aromatic carbocycles. The fraction of sp³-hybridized carbons (Fsp3) is 0.0588. The normalized spacial score (nSPS) is 10.6. The third-order valence-corrected chi connectivity index (χ3v) is 3.53. The Bertz CT molecular complexity index is 1050. The molecule has 0 aliphatic carbocycles. The van der Waals surface area contributed by atoms with Gasteiger partial charge in [0.2, 0.25) is 11.8 Å². The van der Waals surface area contributed by atoms with E-state index >= 15 is 0 Å². The van der Waals surface area contributed by atoms with Gasteiger partial charge in [0.25, 0.3) is 5.56 Å². The first-order valence-corrected chi connectivity index (χ1v) is 7.28. The Morgan fingerprint density at radius 1 is 1.20 bits per heavy atom. The van der Waals surface area contributed by atoms with Crippen molar-refractivity contribution >= 4 is 28.4 Å². The van der Waals surface area contributed by atoms with E-state index in [4.69, 9.17) is 5.73 Å². The van der Waals surface area contributed by atoms with E-state index in [9.17, 15) is 18.8 Å². The maximum Gasteiger partial charge on any atom is 0.261 e. The van der Waals surface area contributed by atoms with Gasteiger partial charge < -0.3 is 11.1 Å². The molecule has 0 fully saturated rings. The van der Waals surface area contributed by atoms with Crippen LogP contribution in [-0.2, 0) is 11.3 Å². The van der Waals surface area contributed by atoms with Crippen molar-refractivity contribution in [3.05, 3.63) is 70.5 Å². The van der Waals surface area contributed by atoms with Crippen LogP contribution >= 0.6 is 0 Å². The van der Waals surface area contributed by atoms with Crippen molar-refractivity contribution in [2.45, 2.75) is 6.54 Å². The van der Waals surface area contributed by atoms with Gasteiger partial charge in [-0.3, -0.25) is 19.0 Å². The Hall–Kier alpha value is -3.55.